The average molecular weight is 588 g/mol. The topological polar surface area (TPSA) is 17.3 Å². The summed E-state index contributed by atoms with van der Waals surface area (Å²) in [5.41, 5.74) is 9.52. The molecule has 2 nitrogen and oxygen atoms in total. The van der Waals surface area contributed by atoms with Crippen molar-refractivity contribution in [2.75, 3.05) is 0 Å². The normalized spacial score (nSPS) is 15.0. The lowest BCUT2D eigenvalue weighted by atomic mass is 9.62. The van der Waals surface area contributed by atoms with Crippen molar-refractivity contribution >= 4 is 57.2 Å². The fourth-order valence-corrected chi connectivity index (χ4v) is 6.36. The van der Waals surface area contributed by atoms with Crippen LogP contribution in [0.5, 0.6) is 0 Å². The maximum atomic E-state index is 6.48. The third-order valence-corrected chi connectivity index (χ3v) is 8.60. The van der Waals surface area contributed by atoms with Gasteiger partial charge in [-0.15, -0.1) is 28.3 Å². The lowest BCUT2D eigenvalue weighted by Gasteiger charge is -2.43. The predicted molar refractivity (Wildman–Crippen MR) is 156 cm³/mol. The molecule has 0 bridgehead atoms. The highest BCUT2D eigenvalue weighted by atomic mass is 79.9. The Morgan fingerprint density at radius 2 is 1.51 bits per heavy atom. The van der Waals surface area contributed by atoms with Crippen LogP contribution in [0.1, 0.15) is 52.8 Å². The monoisotopic (exact) mass is 586 g/mol. The first-order valence-electron chi connectivity index (χ1n) is 11.6. The smallest absolute Gasteiger partial charge is 0.194 e. The largest absolute Gasteiger partial charge is 0.288 e. The van der Waals surface area contributed by atoms with Crippen LogP contribution < -0.4 is 4.80 Å². The number of hydrogen-bond acceptors (Lipinski definition) is 2. The highest BCUT2D eigenvalue weighted by Gasteiger charge is 2.43. The van der Waals surface area contributed by atoms with Gasteiger partial charge < -0.3 is 0 Å². The van der Waals surface area contributed by atoms with Crippen LogP contribution in [0, 0.1) is 27.7 Å². The van der Waals surface area contributed by atoms with E-state index in [9.17, 15) is 0 Å². The maximum absolute atomic E-state index is 6.48. The molecule has 0 saturated heterocycles. The Balaban J connectivity index is 0.00000289. The van der Waals surface area contributed by atoms with Crippen molar-refractivity contribution in [2.45, 2.75) is 52.4 Å². The molecule has 0 atom stereocenters. The first-order valence-corrected chi connectivity index (χ1v) is 13.3. The van der Waals surface area contributed by atoms with E-state index >= 15 is 0 Å². The number of nitrogens with zero attached hydrogens (tertiary/aromatic N) is 2. The van der Waals surface area contributed by atoms with Crippen LogP contribution in [0.25, 0.3) is 5.69 Å². The van der Waals surface area contributed by atoms with E-state index < -0.39 is 0 Å². The molecule has 1 heterocycles. The summed E-state index contributed by atoms with van der Waals surface area (Å²) >= 11 is 14.5. The number of hydrogen-bond donors (Lipinski definition) is 0. The van der Waals surface area contributed by atoms with E-state index in [1.165, 1.54) is 45.6 Å². The molecule has 1 fully saturated rings. The van der Waals surface area contributed by atoms with Gasteiger partial charge in [0.25, 0.3) is 0 Å². The number of thiazole rings is 1. The molecular formula is C29H29BrCl2N2S. The molecule has 3 aromatic carbocycles. The number of aryl methyl sites for hydroxylation is 4. The van der Waals surface area contributed by atoms with Gasteiger partial charge in [-0.25, -0.2) is 4.99 Å². The third-order valence-electron chi connectivity index (χ3n) is 7.04. The summed E-state index contributed by atoms with van der Waals surface area (Å²) in [6, 6.07) is 19.2. The molecule has 1 aliphatic carbocycles. The second-order valence-electron chi connectivity index (χ2n) is 9.50. The molecule has 0 N–H and O–H groups in total. The van der Waals surface area contributed by atoms with Gasteiger partial charge in [-0.3, -0.25) is 4.57 Å². The van der Waals surface area contributed by atoms with Crippen LogP contribution >= 0.6 is 51.5 Å². The van der Waals surface area contributed by atoms with Gasteiger partial charge in [-0.2, -0.15) is 0 Å². The standard InChI is InChI=1S/C29H28Cl2N2S.BrH/c1-18-6-10-25(20(3)14-18)32-28-33(26-11-7-19(2)15-21(26)4)27(17-34-28)29(12-5-13-29)22-8-9-23(30)24(31)16-22;/h6-11,14-17H,5,12-13H2,1-4H3;1H. The van der Waals surface area contributed by atoms with Crippen molar-refractivity contribution in [3.8, 4) is 5.69 Å². The summed E-state index contributed by atoms with van der Waals surface area (Å²) in [6.45, 7) is 8.57. The quantitative estimate of drug-likeness (QED) is 0.226. The molecule has 5 rings (SSSR count). The lowest BCUT2D eigenvalue weighted by Crippen LogP contribution is -2.38. The van der Waals surface area contributed by atoms with Crippen molar-refractivity contribution in [1.29, 1.82) is 0 Å². The van der Waals surface area contributed by atoms with Crippen molar-refractivity contribution in [3.05, 3.63) is 108 Å². The summed E-state index contributed by atoms with van der Waals surface area (Å²) in [5, 5.41) is 3.50. The van der Waals surface area contributed by atoms with E-state index in [1.807, 2.05) is 12.1 Å². The van der Waals surface area contributed by atoms with Gasteiger partial charge >= 0.3 is 0 Å². The average Bonchev–Trinajstić information content (AvgIpc) is 3.15. The molecular weight excluding hydrogens is 559 g/mol. The molecule has 0 aliphatic heterocycles. The molecule has 1 aromatic heterocycles. The molecule has 35 heavy (non-hydrogen) atoms. The van der Waals surface area contributed by atoms with E-state index in [1.54, 1.807) is 11.3 Å². The van der Waals surface area contributed by atoms with Gasteiger partial charge in [-0.05, 0) is 81.5 Å². The van der Waals surface area contributed by atoms with Gasteiger partial charge in [0.05, 0.1) is 21.4 Å². The Morgan fingerprint density at radius 3 is 2.11 bits per heavy atom. The van der Waals surface area contributed by atoms with Crippen molar-refractivity contribution in [3.63, 3.8) is 0 Å². The van der Waals surface area contributed by atoms with Crippen molar-refractivity contribution in [2.24, 2.45) is 4.99 Å². The molecule has 0 radical (unpaired) electrons. The number of aromatic nitrogens is 1. The van der Waals surface area contributed by atoms with Crippen molar-refractivity contribution in [1.82, 2.24) is 4.57 Å². The second-order valence-corrected chi connectivity index (χ2v) is 11.1. The van der Waals surface area contributed by atoms with Gasteiger partial charge in [-0.1, -0.05) is 71.1 Å². The molecule has 6 heteroatoms. The van der Waals surface area contributed by atoms with Gasteiger partial charge in [0.2, 0.25) is 0 Å². The first kappa shape index (κ1) is 26.2. The minimum Gasteiger partial charge on any atom is -0.288 e. The van der Waals surface area contributed by atoms with Crippen LogP contribution in [0.2, 0.25) is 10.0 Å². The molecule has 0 spiro atoms. The summed E-state index contributed by atoms with van der Waals surface area (Å²) in [5.74, 6) is 0. The number of benzene rings is 3. The first-order chi connectivity index (χ1) is 16.3. The van der Waals surface area contributed by atoms with Gasteiger partial charge in [0.1, 0.15) is 0 Å². The Kier molecular flexibility index (Phi) is 7.68. The molecule has 4 aromatic rings. The second kappa shape index (κ2) is 10.3. The van der Waals surface area contributed by atoms with Crippen LogP contribution in [0.4, 0.5) is 5.69 Å². The fraction of sp³-hybridized carbons (Fsp3) is 0.276. The van der Waals surface area contributed by atoms with Gasteiger partial charge in [0.15, 0.2) is 4.80 Å². The molecule has 1 aliphatic rings. The zero-order chi connectivity index (χ0) is 24.0. The number of rotatable bonds is 4. The molecule has 0 unspecified atom stereocenters. The van der Waals surface area contributed by atoms with Crippen molar-refractivity contribution < 1.29 is 0 Å². The summed E-state index contributed by atoms with van der Waals surface area (Å²) in [7, 11) is 0. The third kappa shape index (κ3) is 4.79. The highest BCUT2D eigenvalue weighted by Crippen LogP contribution is 2.50. The minimum atomic E-state index is -0.0991. The van der Waals surface area contributed by atoms with E-state index in [2.05, 4.69) is 80.1 Å². The van der Waals surface area contributed by atoms with E-state index in [4.69, 9.17) is 28.2 Å². The minimum absolute atomic E-state index is 0. The summed E-state index contributed by atoms with van der Waals surface area (Å²) in [6.07, 6.45) is 3.34. The van der Waals surface area contributed by atoms with E-state index in [-0.39, 0.29) is 22.4 Å². The SMILES string of the molecule is Br.Cc1ccc(N=c2scc(C3(c4ccc(Cl)c(Cl)c4)CCC3)n2-c2ccc(C)cc2C)c(C)c1. The highest BCUT2D eigenvalue weighted by molar-refractivity contribution is 8.93. The zero-order valence-corrected chi connectivity index (χ0v) is 24.4. The number of halogens is 3. The van der Waals surface area contributed by atoms with E-state index in [0.29, 0.717) is 10.0 Å². The lowest BCUT2D eigenvalue weighted by molar-refractivity contribution is 0.289. The van der Waals surface area contributed by atoms with E-state index in [0.717, 1.165) is 23.3 Å². The maximum Gasteiger partial charge on any atom is 0.194 e. The Morgan fingerprint density at radius 1 is 0.829 bits per heavy atom. The van der Waals surface area contributed by atoms with Crippen LogP contribution in [-0.2, 0) is 5.41 Å². The van der Waals surface area contributed by atoms with Crippen LogP contribution in [0.15, 0.2) is 65.0 Å². The van der Waals surface area contributed by atoms with Crippen LogP contribution in [0.3, 0.4) is 0 Å². The molecule has 182 valence electrons. The Labute approximate surface area is 232 Å². The molecule has 1 saturated carbocycles. The summed E-state index contributed by atoms with van der Waals surface area (Å²) < 4.78 is 2.38. The Bertz CT molecular complexity index is 1460. The van der Waals surface area contributed by atoms with Crippen LogP contribution in [-0.4, -0.2) is 4.57 Å². The summed E-state index contributed by atoms with van der Waals surface area (Å²) in [4.78, 5) is 6.16. The molecule has 0 amide bonds. The zero-order valence-electron chi connectivity index (χ0n) is 20.4. The predicted octanol–water partition coefficient (Wildman–Crippen LogP) is 9.36. The fourth-order valence-electron chi connectivity index (χ4n) is 5.06. The van der Waals surface area contributed by atoms with Gasteiger partial charge in [0, 0.05) is 16.5 Å². The Hall–Kier alpha value is -1.85.